The van der Waals surface area contributed by atoms with Gasteiger partial charge in [0.1, 0.15) is 5.75 Å². The lowest BCUT2D eigenvalue weighted by molar-refractivity contribution is -0.385. The van der Waals surface area contributed by atoms with Crippen molar-refractivity contribution in [1.82, 2.24) is 9.55 Å². The number of aryl methyl sites for hydroxylation is 1. The summed E-state index contributed by atoms with van der Waals surface area (Å²) in [4.78, 5) is 29.1. The van der Waals surface area contributed by atoms with Crippen molar-refractivity contribution in [1.29, 1.82) is 0 Å². The number of thioether (sulfide) groups is 1. The molecule has 1 aromatic heterocycles. The molecule has 0 radical (unpaired) electrons. The third kappa shape index (κ3) is 4.08. The number of fused-ring (bicyclic) bond motifs is 2. The Kier molecular flexibility index (Phi) is 5.57. The molecule has 8 nitrogen and oxygen atoms in total. The lowest BCUT2D eigenvalue weighted by Gasteiger charge is -2.20. The van der Waals surface area contributed by atoms with Gasteiger partial charge in [0.2, 0.25) is 0 Å². The van der Waals surface area contributed by atoms with Crippen molar-refractivity contribution in [3.63, 3.8) is 0 Å². The first kappa shape index (κ1) is 21.2. The van der Waals surface area contributed by atoms with E-state index in [1.807, 2.05) is 43.3 Å². The van der Waals surface area contributed by atoms with Gasteiger partial charge in [0, 0.05) is 29.0 Å². The van der Waals surface area contributed by atoms with Crippen LogP contribution in [0.15, 0.2) is 70.6 Å². The van der Waals surface area contributed by atoms with E-state index < -0.39 is 4.92 Å². The summed E-state index contributed by atoms with van der Waals surface area (Å²) >= 11 is 1.33. The fourth-order valence-electron chi connectivity index (χ4n) is 3.77. The highest BCUT2D eigenvalue weighted by Crippen LogP contribution is 2.36. The molecule has 9 heteroatoms. The lowest BCUT2D eigenvalue weighted by Crippen LogP contribution is -2.21. The quantitative estimate of drug-likeness (QED) is 0.183. The largest absolute Gasteiger partial charge is 0.467 e. The van der Waals surface area contributed by atoms with E-state index in [-0.39, 0.29) is 24.6 Å². The molecule has 2 heterocycles. The van der Waals surface area contributed by atoms with E-state index in [4.69, 9.17) is 14.5 Å². The van der Waals surface area contributed by atoms with Crippen LogP contribution in [0.1, 0.15) is 16.7 Å². The maximum Gasteiger partial charge on any atom is 0.270 e. The van der Waals surface area contributed by atoms with Gasteiger partial charge in [0.15, 0.2) is 11.9 Å². The fraction of sp³-hybridized carbons (Fsp3) is 0.167. The van der Waals surface area contributed by atoms with Crippen molar-refractivity contribution in [2.24, 2.45) is 0 Å². The van der Waals surface area contributed by atoms with Crippen LogP contribution < -0.4 is 10.3 Å². The molecule has 0 bridgehead atoms. The fourth-order valence-corrected chi connectivity index (χ4v) is 4.75. The van der Waals surface area contributed by atoms with Crippen molar-refractivity contribution in [2.75, 3.05) is 6.79 Å². The van der Waals surface area contributed by atoms with Crippen LogP contribution in [-0.2, 0) is 17.1 Å². The van der Waals surface area contributed by atoms with Gasteiger partial charge in [-0.05, 0) is 31.2 Å². The van der Waals surface area contributed by atoms with E-state index in [1.165, 1.54) is 23.9 Å². The first-order chi connectivity index (χ1) is 16.0. The van der Waals surface area contributed by atoms with Crippen molar-refractivity contribution in [3.8, 4) is 11.4 Å². The summed E-state index contributed by atoms with van der Waals surface area (Å²) in [6.45, 7) is 2.32. The average Bonchev–Trinajstić information content (AvgIpc) is 2.83. The molecule has 1 aliphatic rings. The zero-order valence-electron chi connectivity index (χ0n) is 17.7. The predicted octanol–water partition coefficient (Wildman–Crippen LogP) is 4.76. The third-order valence-corrected chi connectivity index (χ3v) is 6.36. The highest BCUT2D eigenvalue weighted by Gasteiger charge is 2.22. The summed E-state index contributed by atoms with van der Waals surface area (Å²) in [5.74, 6) is 0.921. The normalized spacial score (nSPS) is 12.9. The third-order valence-electron chi connectivity index (χ3n) is 5.38. The van der Waals surface area contributed by atoms with Crippen LogP contribution in [0.4, 0.5) is 5.69 Å². The predicted molar refractivity (Wildman–Crippen MR) is 125 cm³/mol. The Hall–Kier alpha value is -3.69. The van der Waals surface area contributed by atoms with Gasteiger partial charge in [-0.15, -0.1) is 0 Å². The van der Waals surface area contributed by atoms with Crippen molar-refractivity contribution in [3.05, 3.63) is 97.8 Å². The number of nitrogens with zero attached hydrogens (tertiary/aromatic N) is 3. The monoisotopic (exact) mass is 461 g/mol. The van der Waals surface area contributed by atoms with E-state index >= 15 is 0 Å². The number of aromatic nitrogens is 2. The van der Waals surface area contributed by atoms with Crippen LogP contribution >= 0.6 is 11.8 Å². The number of para-hydroxylation sites is 1. The summed E-state index contributed by atoms with van der Waals surface area (Å²) in [7, 11) is 0. The maximum absolute atomic E-state index is 13.4. The number of nitro groups is 1. The SMILES string of the molecule is Cc1ccc(-n2c(SCc3cc([N+](=O)[O-])cc4c3OCOC4)nc3ccccc3c2=O)cc1. The highest BCUT2D eigenvalue weighted by molar-refractivity contribution is 7.98. The van der Waals surface area contributed by atoms with Crippen LogP contribution in [0.3, 0.4) is 0 Å². The van der Waals surface area contributed by atoms with Gasteiger partial charge in [-0.2, -0.15) is 0 Å². The van der Waals surface area contributed by atoms with E-state index in [0.717, 1.165) is 5.56 Å². The zero-order valence-corrected chi connectivity index (χ0v) is 18.5. The van der Waals surface area contributed by atoms with Gasteiger partial charge in [-0.3, -0.25) is 19.5 Å². The van der Waals surface area contributed by atoms with Crippen LogP contribution in [0.2, 0.25) is 0 Å². The molecule has 0 fully saturated rings. The molecule has 0 amide bonds. The smallest absolute Gasteiger partial charge is 0.270 e. The van der Waals surface area contributed by atoms with Gasteiger partial charge >= 0.3 is 0 Å². The van der Waals surface area contributed by atoms with Crippen LogP contribution in [0.25, 0.3) is 16.6 Å². The minimum Gasteiger partial charge on any atom is -0.467 e. The summed E-state index contributed by atoms with van der Waals surface area (Å²) in [6.07, 6.45) is 0. The second-order valence-electron chi connectivity index (χ2n) is 7.64. The number of ether oxygens (including phenoxy) is 2. The average molecular weight is 461 g/mol. The Morgan fingerprint density at radius 1 is 1.15 bits per heavy atom. The number of non-ortho nitro benzene ring substituents is 1. The molecule has 3 aromatic carbocycles. The number of rotatable bonds is 5. The first-order valence-electron chi connectivity index (χ1n) is 10.2. The summed E-state index contributed by atoms with van der Waals surface area (Å²) in [5.41, 5.74) is 3.48. The number of hydrogen-bond donors (Lipinski definition) is 0. The lowest BCUT2D eigenvalue weighted by atomic mass is 10.1. The van der Waals surface area contributed by atoms with Gasteiger partial charge in [0.05, 0.1) is 28.1 Å². The maximum atomic E-state index is 13.4. The van der Waals surface area contributed by atoms with Gasteiger partial charge in [0.25, 0.3) is 11.2 Å². The molecule has 5 rings (SSSR count). The highest BCUT2D eigenvalue weighted by atomic mass is 32.2. The number of benzene rings is 3. The molecule has 0 unspecified atom stereocenters. The Bertz CT molecular complexity index is 1430. The Morgan fingerprint density at radius 2 is 1.94 bits per heavy atom. The molecule has 4 aromatic rings. The van der Waals surface area contributed by atoms with E-state index in [9.17, 15) is 14.9 Å². The van der Waals surface area contributed by atoms with Crippen LogP contribution in [0, 0.1) is 17.0 Å². The van der Waals surface area contributed by atoms with E-state index in [1.54, 1.807) is 16.7 Å². The molecular formula is C24H19N3O5S. The first-order valence-corrected chi connectivity index (χ1v) is 11.2. The summed E-state index contributed by atoms with van der Waals surface area (Å²) in [6, 6.07) is 17.8. The molecule has 0 N–H and O–H groups in total. The second kappa shape index (κ2) is 8.68. The zero-order chi connectivity index (χ0) is 22.9. The van der Waals surface area contributed by atoms with E-state index in [0.29, 0.717) is 44.4 Å². The minimum atomic E-state index is -0.431. The molecule has 166 valence electrons. The standard InChI is InChI=1S/C24H19N3O5S/c1-15-6-8-18(9-7-15)26-23(28)20-4-2-3-5-21(20)25-24(26)33-13-17-11-19(27(29)30)10-16-12-31-14-32-22(16)17/h2-11H,12-14H2,1H3. The molecule has 0 aliphatic carbocycles. The molecule has 33 heavy (non-hydrogen) atoms. The second-order valence-corrected chi connectivity index (χ2v) is 8.58. The molecule has 0 saturated carbocycles. The molecular weight excluding hydrogens is 442 g/mol. The van der Waals surface area contributed by atoms with Crippen molar-refractivity contribution >= 4 is 28.4 Å². The summed E-state index contributed by atoms with van der Waals surface area (Å²) in [5, 5.41) is 12.4. The molecule has 0 saturated heterocycles. The Morgan fingerprint density at radius 3 is 2.73 bits per heavy atom. The minimum absolute atomic E-state index is 0.0270. The topological polar surface area (TPSA) is 96.5 Å². The van der Waals surface area contributed by atoms with Crippen LogP contribution in [0.5, 0.6) is 5.75 Å². The van der Waals surface area contributed by atoms with Crippen molar-refractivity contribution in [2.45, 2.75) is 24.4 Å². The van der Waals surface area contributed by atoms with Gasteiger partial charge < -0.3 is 9.47 Å². The molecule has 1 aliphatic heterocycles. The number of hydrogen-bond acceptors (Lipinski definition) is 7. The Labute approximate surface area is 192 Å². The van der Waals surface area contributed by atoms with Gasteiger partial charge in [-0.1, -0.05) is 41.6 Å². The molecule has 0 spiro atoms. The van der Waals surface area contributed by atoms with Crippen LogP contribution in [-0.4, -0.2) is 21.3 Å². The Balaban J connectivity index is 1.61. The van der Waals surface area contributed by atoms with Crippen molar-refractivity contribution < 1.29 is 14.4 Å². The van der Waals surface area contributed by atoms with Gasteiger partial charge in [-0.25, -0.2) is 4.98 Å². The molecule has 0 atom stereocenters. The van der Waals surface area contributed by atoms with E-state index in [2.05, 4.69) is 0 Å². The summed E-state index contributed by atoms with van der Waals surface area (Å²) < 4.78 is 12.5. The number of nitro benzene ring substituents is 1.